The van der Waals surface area contributed by atoms with Crippen LogP contribution < -0.4 is 5.32 Å². The van der Waals surface area contributed by atoms with Gasteiger partial charge in [-0.25, -0.2) is 0 Å². The van der Waals surface area contributed by atoms with Gasteiger partial charge in [0, 0.05) is 18.5 Å². The number of aliphatic hydroxyl groups is 1. The molecular formula is C14H21NO. The molecule has 0 heterocycles. The van der Waals surface area contributed by atoms with Gasteiger partial charge in [-0.2, -0.15) is 0 Å². The van der Waals surface area contributed by atoms with E-state index < -0.39 is 0 Å². The van der Waals surface area contributed by atoms with Crippen molar-refractivity contribution in [2.75, 3.05) is 19.7 Å². The molecule has 0 aliphatic heterocycles. The average molecular weight is 219 g/mol. The zero-order valence-corrected chi connectivity index (χ0v) is 9.78. The fraction of sp³-hybridized carbons (Fsp3) is 0.571. The number of rotatable bonds is 5. The Labute approximate surface area is 97.7 Å². The van der Waals surface area contributed by atoms with Gasteiger partial charge in [-0.3, -0.25) is 0 Å². The number of hydrogen-bond donors (Lipinski definition) is 2. The molecule has 0 saturated heterocycles. The van der Waals surface area contributed by atoms with E-state index in [1.54, 1.807) is 0 Å². The van der Waals surface area contributed by atoms with Gasteiger partial charge < -0.3 is 10.4 Å². The molecule has 1 aliphatic rings. The predicted octanol–water partition coefficient (Wildman–Crippen LogP) is 2.08. The van der Waals surface area contributed by atoms with Crippen LogP contribution in [0.3, 0.4) is 0 Å². The summed E-state index contributed by atoms with van der Waals surface area (Å²) in [5.74, 6) is 0. The number of nitrogens with one attached hydrogen (secondary N) is 1. The van der Waals surface area contributed by atoms with Crippen molar-refractivity contribution in [2.45, 2.75) is 31.1 Å². The van der Waals surface area contributed by atoms with Crippen molar-refractivity contribution in [1.82, 2.24) is 5.32 Å². The summed E-state index contributed by atoms with van der Waals surface area (Å²) in [5, 5.41) is 12.2. The maximum atomic E-state index is 8.83. The molecule has 0 bridgehead atoms. The molecule has 0 spiro atoms. The Morgan fingerprint density at radius 3 is 2.44 bits per heavy atom. The molecule has 16 heavy (non-hydrogen) atoms. The minimum absolute atomic E-state index is 0.227. The Bertz CT molecular complexity index is 304. The highest BCUT2D eigenvalue weighted by Crippen LogP contribution is 2.40. The molecular weight excluding hydrogens is 198 g/mol. The molecule has 1 saturated carbocycles. The highest BCUT2D eigenvalue weighted by Gasteiger charge is 2.34. The van der Waals surface area contributed by atoms with Crippen LogP contribution in [0, 0.1) is 0 Å². The summed E-state index contributed by atoms with van der Waals surface area (Å²) in [7, 11) is 0. The molecule has 0 amide bonds. The van der Waals surface area contributed by atoms with Gasteiger partial charge in [0.05, 0.1) is 6.61 Å². The fourth-order valence-corrected chi connectivity index (χ4v) is 2.82. The maximum Gasteiger partial charge on any atom is 0.0555 e. The first-order chi connectivity index (χ1) is 7.87. The average Bonchev–Trinajstić information content (AvgIpc) is 2.81. The highest BCUT2D eigenvalue weighted by atomic mass is 16.3. The second-order valence-corrected chi connectivity index (χ2v) is 4.75. The van der Waals surface area contributed by atoms with Gasteiger partial charge in [-0.1, -0.05) is 43.2 Å². The van der Waals surface area contributed by atoms with Gasteiger partial charge in [-0.15, -0.1) is 0 Å². The second-order valence-electron chi connectivity index (χ2n) is 4.75. The van der Waals surface area contributed by atoms with Crippen LogP contribution in [-0.4, -0.2) is 24.8 Å². The van der Waals surface area contributed by atoms with E-state index in [0.717, 1.165) is 6.54 Å². The van der Waals surface area contributed by atoms with Gasteiger partial charge in [0.25, 0.3) is 0 Å². The topological polar surface area (TPSA) is 32.3 Å². The van der Waals surface area contributed by atoms with Crippen LogP contribution in [0.5, 0.6) is 0 Å². The molecule has 1 aromatic rings. The van der Waals surface area contributed by atoms with Crippen molar-refractivity contribution in [3.63, 3.8) is 0 Å². The number of benzene rings is 1. The van der Waals surface area contributed by atoms with Crippen LogP contribution in [0.2, 0.25) is 0 Å². The lowest BCUT2D eigenvalue weighted by Gasteiger charge is -2.30. The first kappa shape index (κ1) is 11.6. The molecule has 1 aliphatic carbocycles. The summed E-state index contributed by atoms with van der Waals surface area (Å²) < 4.78 is 0. The lowest BCUT2D eigenvalue weighted by atomic mass is 9.79. The van der Waals surface area contributed by atoms with Crippen LogP contribution in [0.25, 0.3) is 0 Å². The van der Waals surface area contributed by atoms with Crippen molar-refractivity contribution in [2.24, 2.45) is 0 Å². The SMILES string of the molecule is OCCNCC1(c2ccccc2)CCCC1. The van der Waals surface area contributed by atoms with Gasteiger partial charge >= 0.3 is 0 Å². The lowest BCUT2D eigenvalue weighted by molar-refractivity contribution is 0.282. The van der Waals surface area contributed by atoms with E-state index in [1.165, 1.54) is 31.2 Å². The quantitative estimate of drug-likeness (QED) is 0.743. The van der Waals surface area contributed by atoms with Gasteiger partial charge in [-0.05, 0) is 18.4 Å². The van der Waals surface area contributed by atoms with Crippen molar-refractivity contribution in [1.29, 1.82) is 0 Å². The smallest absolute Gasteiger partial charge is 0.0555 e. The van der Waals surface area contributed by atoms with Crippen molar-refractivity contribution >= 4 is 0 Å². The molecule has 1 fully saturated rings. The third kappa shape index (κ3) is 2.45. The van der Waals surface area contributed by atoms with Crippen LogP contribution in [0.15, 0.2) is 30.3 Å². The summed E-state index contributed by atoms with van der Waals surface area (Å²) in [4.78, 5) is 0. The second kappa shape index (κ2) is 5.46. The Hall–Kier alpha value is -0.860. The van der Waals surface area contributed by atoms with E-state index in [2.05, 4.69) is 35.6 Å². The van der Waals surface area contributed by atoms with Crippen LogP contribution in [0.4, 0.5) is 0 Å². The van der Waals surface area contributed by atoms with E-state index >= 15 is 0 Å². The largest absolute Gasteiger partial charge is 0.395 e. The van der Waals surface area contributed by atoms with E-state index in [1.807, 2.05) is 0 Å². The Morgan fingerprint density at radius 2 is 1.81 bits per heavy atom. The number of hydrogen-bond acceptors (Lipinski definition) is 2. The van der Waals surface area contributed by atoms with Crippen molar-refractivity contribution in [3.05, 3.63) is 35.9 Å². The van der Waals surface area contributed by atoms with Gasteiger partial charge in [0.15, 0.2) is 0 Å². The molecule has 0 aromatic heterocycles. The lowest BCUT2D eigenvalue weighted by Crippen LogP contribution is -2.37. The third-order valence-corrected chi connectivity index (χ3v) is 3.70. The minimum Gasteiger partial charge on any atom is -0.395 e. The first-order valence-corrected chi connectivity index (χ1v) is 6.24. The number of aliphatic hydroxyl groups excluding tert-OH is 1. The monoisotopic (exact) mass is 219 g/mol. The zero-order chi connectivity index (χ0) is 11.3. The summed E-state index contributed by atoms with van der Waals surface area (Å²) in [5.41, 5.74) is 1.77. The summed E-state index contributed by atoms with van der Waals surface area (Å²) in [6, 6.07) is 10.8. The van der Waals surface area contributed by atoms with Crippen LogP contribution in [0.1, 0.15) is 31.2 Å². The van der Waals surface area contributed by atoms with E-state index in [0.29, 0.717) is 12.0 Å². The van der Waals surface area contributed by atoms with Crippen LogP contribution in [-0.2, 0) is 5.41 Å². The van der Waals surface area contributed by atoms with E-state index in [-0.39, 0.29) is 6.61 Å². The molecule has 1 aromatic carbocycles. The zero-order valence-electron chi connectivity index (χ0n) is 9.78. The standard InChI is InChI=1S/C14H21NO/c16-11-10-15-12-14(8-4-5-9-14)13-6-2-1-3-7-13/h1-3,6-7,15-16H,4-5,8-12H2. The Balaban J connectivity index is 2.09. The molecule has 0 radical (unpaired) electrons. The highest BCUT2D eigenvalue weighted by molar-refractivity contribution is 5.27. The Kier molecular flexibility index (Phi) is 3.97. The van der Waals surface area contributed by atoms with Crippen LogP contribution >= 0.6 is 0 Å². The summed E-state index contributed by atoms with van der Waals surface area (Å²) in [6.07, 6.45) is 5.20. The third-order valence-electron chi connectivity index (χ3n) is 3.70. The first-order valence-electron chi connectivity index (χ1n) is 6.24. The molecule has 0 atom stereocenters. The van der Waals surface area contributed by atoms with Crippen molar-refractivity contribution in [3.8, 4) is 0 Å². The summed E-state index contributed by atoms with van der Waals surface area (Å²) in [6.45, 7) is 1.93. The van der Waals surface area contributed by atoms with Crippen molar-refractivity contribution < 1.29 is 5.11 Å². The molecule has 2 heteroatoms. The molecule has 2 rings (SSSR count). The molecule has 0 unspecified atom stereocenters. The fourth-order valence-electron chi connectivity index (χ4n) is 2.82. The molecule has 2 N–H and O–H groups in total. The van der Waals surface area contributed by atoms with E-state index in [9.17, 15) is 0 Å². The molecule has 2 nitrogen and oxygen atoms in total. The Morgan fingerprint density at radius 1 is 1.12 bits per heavy atom. The normalized spacial score (nSPS) is 18.8. The molecule has 88 valence electrons. The maximum absolute atomic E-state index is 8.83. The van der Waals surface area contributed by atoms with Gasteiger partial charge in [0.2, 0.25) is 0 Å². The van der Waals surface area contributed by atoms with E-state index in [4.69, 9.17) is 5.11 Å². The van der Waals surface area contributed by atoms with Gasteiger partial charge in [0.1, 0.15) is 0 Å². The predicted molar refractivity (Wildman–Crippen MR) is 66.5 cm³/mol. The summed E-state index contributed by atoms with van der Waals surface area (Å²) >= 11 is 0. The minimum atomic E-state index is 0.227.